The fourth-order valence-electron chi connectivity index (χ4n) is 3.51. The van der Waals surface area contributed by atoms with Crippen LogP contribution in [0, 0.1) is 0 Å². The molecule has 0 aliphatic heterocycles. The van der Waals surface area contributed by atoms with E-state index in [0.717, 1.165) is 44.7 Å². The summed E-state index contributed by atoms with van der Waals surface area (Å²) in [6.07, 6.45) is 5.74. The van der Waals surface area contributed by atoms with Gasteiger partial charge < -0.3 is 0 Å². The minimum Gasteiger partial charge on any atom is 0.00252 e. The fourth-order valence-corrected chi connectivity index (χ4v) is 3.51. The molecular weight excluding hydrogens is 173 g/mol. The lowest BCUT2D eigenvalue weighted by atomic mass is 8.44. The van der Waals surface area contributed by atoms with E-state index in [2.05, 4.69) is 69.6 Å². The predicted octanol–water partition coefficient (Wildman–Crippen LogP) is -10.9. The van der Waals surface area contributed by atoms with Crippen LogP contribution in [0.2, 0.25) is 0 Å². The Morgan fingerprint density at radius 2 is 0.688 bits per heavy atom. The van der Waals surface area contributed by atoms with Crippen molar-refractivity contribution in [2.45, 2.75) is 0 Å². The van der Waals surface area contributed by atoms with Gasteiger partial charge in [-0.25, -0.2) is 0 Å². The third kappa shape index (κ3) is 4.73. The van der Waals surface area contributed by atoms with Gasteiger partial charge in [0.15, 0.2) is 0 Å². The van der Waals surface area contributed by atoms with Crippen molar-refractivity contribution in [3.8, 4) is 0 Å². The quantitative estimate of drug-likeness (QED) is 0.366. The zero-order valence-corrected chi connectivity index (χ0v) is 13.0. The number of hydrogen-bond donors (Lipinski definition) is 0. The molecule has 0 aromatic rings. The van der Waals surface area contributed by atoms with E-state index in [0.29, 0.717) is 0 Å². The van der Waals surface area contributed by atoms with Crippen molar-refractivity contribution >= 4 is 114 Å². The molecule has 66 valence electrons. The van der Waals surface area contributed by atoms with E-state index < -0.39 is 0 Å². The zero-order valence-electron chi connectivity index (χ0n) is 13.0. The Hall–Kier alpha value is 1.04. The van der Waals surface area contributed by atoms with Crippen LogP contribution in [-0.2, 0) is 0 Å². The van der Waals surface area contributed by atoms with Gasteiger partial charge in [-0.1, -0.05) is 0 Å². The molecule has 0 heterocycles. The summed E-state index contributed by atoms with van der Waals surface area (Å²) in [5, 5.41) is 0. The summed E-state index contributed by atoms with van der Waals surface area (Å²) in [6, 6.07) is 0. The van der Waals surface area contributed by atoms with Gasteiger partial charge in [-0.15, -0.1) is 0 Å². The Labute approximate surface area is 114 Å². The smallest absolute Gasteiger partial charge is 0.00252 e. The molecule has 0 saturated heterocycles. The lowest BCUT2D eigenvalue weighted by Gasteiger charge is -2.35. The standard InChI is InChI=1S/B16H18/c1-10(2)14(9)16(13(7)8)15(11(3)4)12(5)6/h1-9H2. The zero-order chi connectivity index (χ0) is 13.0. The maximum absolute atomic E-state index is 2.45. The molecule has 0 amide bonds. The van der Waals surface area contributed by atoms with E-state index in [-0.39, 0.29) is 0 Å². The molecule has 0 unspecified atom stereocenters. The molecule has 0 aromatic heterocycles. The van der Waals surface area contributed by atoms with Gasteiger partial charge in [0.2, 0.25) is 0 Å². The van der Waals surface area contributed by atoms with Crippen LogP contribution in [0.15, 0.2) is 0 Å². The van der Waals surface area contributed by atoms with E-state index >= 15 is 0 Å². The number of rotatable bonds is 6. The minimum absolute atomic E-state index is 0.798. The SMILES string of the molecule is BB(B)B(B)B(B(B)B)B(B(B)B)B(B)B. The highest BCUT2D eigenvalue weighted by Crippen LogP contribution is 2.00. The molecule has 0 aliphatic rings. The summed E-state index contributed by atoms with van der Waals surface area (Å²) < 4.78 is 0. The van der Waals surface area contributed by atoms with Crippen molar-refractivity contribution in [2.24, 2.45) is 0 Å². The van der Waals surface area contributed by atoms with Gasteiger partial charge >= 0.3 is 0 Å². The molecule has 0 rings (SSSR count). The van der Waals surface area contributed by atoms with Crippen molar-refractivity contribution in [2.75, 3.05) is 0 Å². The van der Waals surface area contributed by atoms with Gasteiger partial charge in [-0.2, -0.15) is 0 Å². The highest BCUT2D eigenvalue weighted by Gasteiger charge is 2.40. The average molecular weight is 191 g/mol. The maximum Gasteiger partial charge on any atom is 0.0552 e. The maximum atomic E-state index is 2.45. The summed E-state index contributed by atoms with van der Waals surface area (Å²) in [5.41, 5.74) is 0. The molecule has 0 aromatic carbocycles. The van der Waals surface area contributed by atoms with Gasteiger partial charge in [0.05, 0.1) is 69.6 Å². The first-order valence-electron chi connectivity index (χ1n) is 7.20. The molecule has 0 N–H and O–H groups in total. The van der Waals surface area contributed by atoms with Crippen LogP contribution in [0.25, 0.3) is 0 Å². The van der Waals surface area contributed by atoms with E-state index in [1.807, 2.05) is 0 Å². The minimum atomic E-state index is 0.798. The molecule has 0 aliphatic carbocycles. The van der Waals surface area contributed by atoms with Gasteiger partial charge in [0.25, 0.3) is 0 Å². The molecule has 0 bridgehead atoms. The van der Waals surface area contributed by atoms with Crippen molar-refractivity contribution in [3.05, 3.63) is 0 Å². The first-order chi connectivity index (χ1) is 7.20. The van der Waals surface area contributed by atoms with Crippen LogP contribution in [0.3, 0.4) is 0 Å². The van der Waals surface area contributed by atoms with E-state index in [4.69, 9.17) is 0 Å². The molecule has 16 heteroatoms. The van der Waals surface area contributed by atoms with Crippen molar-refractivity contribution in [1.29, 1.82) is 0 Å². The molecule has 0 nitrogen and oxygen atoms in total. The molecule has 0 spiro atoms. The third-order valence-corrected chi connectivity index (χ3v) is 4.41. The topological polar surface area (TPSA) is 0 Å². The average Bonchev–Trinajstić information content (AvgIpc) is 2.10. The molecule has 0 atom stereocenters. The summed E-state index contributed by atoms with van der Waals surface area (Å²) in [5.74, 6) is 0. The van der Waals surface area contributed by atoms with Crippen molar-refractivity contribution in [1.82, 2.24) is 0 Å². The van der Waals surface area contributed by atoms with Crippen LogP contribution in [0.1, 0.15) is 0 Å². The van der Waals surface area contributed by atoms with Gasteiger partial charge in [0.1, 0.15) is 0 Å². The highest BCUT2D eigenvalue weighted by molar-refractivity contribution is 8.13. The predicted molar refractivity (Wildman–Crippen MR) is 117 cm³/mol. The van der Waals surface area contributed by atoms with E-state index in [1.165, 1.54) is 0 Å². The van der Waals surface area contributed by atoms with Gasteiger partial charge in [0, 0.05) is 44.7 Å². The Balaban J connectivity index is 5.00. The molecule has 0 radical (unpaired) electrons. The normalized spacial score (nSPS) is 9.00. The summed E-state index contributed by atoms with van der Waals surface area (Å²) in [6.45, 7) is 0. The Bertz CT molecular complexity index is 168. The second kappa shape index (κ2) is 7.47. The highest BCUT2D eigenvalue weighted by atomic mass is 13.2. The number of hydrogen-bond acceptors (Lipinski definition) is 0. The lowest BCUT2D eigenvalue weighted by Crippen LogP contribution is -2.75. The molecule has 0 saturated carbocycles. The second-order valence-electron chi connectivity index (χ2n) is 6.99. The molecular formula is H18B16. The van der Waals surface area contributed by atoms with Crippen LogP contribution in [0.4, 0.5) is 0 Å². The molecule has 16 heavy (non-hydrogen) atoms. The monoisotopic (exact) mass is 194 g/mol. The van der Waals surface area contributed by atoms with Crippen LogP contribution >= 0.6 is 0 Å². The van der Waals surface area contributed by atoms with E-state index in [9.17, 15) is 0 Å². The van der Waals surface area contributed by atoms with Crippen LogP contribution in [-0.4, -0.2) is 114 Å². The van der Waals surface area contributed by atoms with Crippen LogP contribution < -0.4 is 0 Å². The molecule has 0 fully saturated rings. The van der Waals surface area contributed by atoms with Crippen molar-refractivity contribution < 1.29 is 0 Å². The summed E-state index contributed by atoms with van der Waals surface area (Å²) in [4.78, 5) is 0. The fraction of sp³-hybridized carbons (Fsp3) is 0. The first-order valence-corrected chi connectivity index (χ1v) is 7.20. The summed E-state index contributed by atoms with van der Waals surface area (Å²) in [7, 11) is 21.6. The lowest BCUT2D eigenvalue weighted by molar-refractivity contribution is 3.38. The Morgan fingerprint density at radius 3 is 0.875 bits per heavy atom. The van der Waals surface area contributed by atoms with Gasteiger partial charge in [-0.3, -0.25) is 0 Å². The van der Waals surface area contributed by atoms with Crippen LogP contribution in [0.5, 0.6) is 0 Å². The van der Waals surface area contributed by atoms with Crippen molar-refractivity contribution in [3.63, 3.8) is 0 Å². The second-order valence-corrected chi connectivity index (χ2v) is 6.99. The first kappa shape index (κ1) is 17.0. The summed E-state index contributed by atoms with van der Waals surface area (Å²) >= 11 is 0. The third-order valence-electron chi connectivity index (χ3n) is 4.41. The Morgan fingerprint density at radius 1 is 0.375 bits per heavy atom. The Kier molecular flexibility index (Phi) is 7.95. The van der Waals surface area contributed by atoms with Gasteiger partial charge in [-0.05, 0) is 0 Å². The largest absolute Gasteiger partial charge is 0.0552 e. The van der Waals surface area contributed by atoms with E-state index in [1.54, 1.807) is 0 Å².